The van der Waals surface area contributed by atoms with E-state index in [0.29, 0.717) is 6.61 Å². The van der Waals surface area contributed by atoms with Crippen LogP contribution >= 0.6 is 0 Å². The highest BCUT2D eigenvalue weighted by Gasteiger charge is 1.99. The first kappa shape index (κ1) is 15.4. The van der Waals surface area contributed by atoms with Crippen molar-refractivity contribution < 1.29 is 9.47 Å². The highest BCUT2D eigenvalue weighted by molar-refractivity contribution is 5.84. The standard InChI is InChI=1S/C20H21NO2/c1-22-20-10-9-17-13-16(7-8-18(17)14-20)15-21-11-12-23-19-5-3-2-4-6-19/h2-10,13-14,21H,11-12,15H2,1H3. The van der Waals surface area contributed by atoms with Crippen molar-refractivity contribution in [3.63, 3.8) is 0 Å². The first-order valence-electron chi connectivity index (χ1n) is 7.80. The molecule has 0 spiro atoms. The molecule has 0 heterocycles. The minimum atomic E-state index is 0.662. The Morgan fingerprint density at radius 3 is 2.43 bits per heavy atom. The van der Waals surface area contributed by atoms with Crippen LogP contribution in [0.5, 0.6) is 11.5 Å². The average Bonchev–Trinajstić information content (AvgIpc) is 2.62. The van der Waals surface area contributed by atoms with Gasteiger partial charge in [0, 0.05) is 13.1 Å². The van der Waals surface area contributed by atoms with Gasteiger partial charge in [-0.05, 0) is 46.7 Å². The molecule has 0 saturated carbocycles. The molecule has 0 amide bonds. The number of ether oxygens (including phenoxy) is 2. The van der Waals surface area contributed by atoms with Gasteiger partial charge in [-0.15, -0.1) is 0 Å². The van der Waals surface area contributed by atoms with Crippen molar-refractivity contribution >= 4 is 10.8 Å². The van der Waals surface area contributed by atoms with Crippen molar-refractivity contribution in [2.75, 3.05) is 20.3 Å². The predicted molar refractivity (Wildman–Crippen MR) is 94.1 cm³/mol. The van der Waals surface area contributed by atoms with Crippen LogP contribution < -0.4 is 14.8 Å². The Kier molecular flexibility index (Phi) is 5.12. The fourth-order valence-corrected chi connectivity index (χ4v) is 2.50. The Labute approximate surface area is 136 Å². The second-order valence-corrected chi connectivity index (χ2v) is 5.39. The van der Waals surface area contributed by atoms with Crippen LogP contribution in [-0.2, 0) is 6.54 Å². The summed E-state index contributed by atoms with van der Waals surface area (Å²) < 4.78 is 10.9. The Hall–Kier alpha value is -2.52. The molecule has 3 aromatic rings. The molecule has 0 aromatic heterocycles. The lowest BCUT2D eigenvalue weighted by Gasteiger charge is -2.09. The Balaban J connectivity index is 1.49. The molecule has 1 N–H and O–H groups in total. The topological polar surface area (TPSA) is 30.5 Å². The molecule has 3 heteroatoms. The number of hydrogen-bond donors (Lipinski definition) is 1. The molecule has 0 aliphatic rings. The molecule has 0 fully saturated rings. The SMILES string of the molecule is COc1ccc2cc(CNCCOc3ccccc3)ccc2c1. The van der Waals surface area contributed by atoms with E-state index in [9.17, 15) is 0 Å². The van der Waals surface area contributed by atoms with E-state index >= 15 is 0 Å². The molecule has 0 aliphatic heterocycles. The second kappa shape index (κ2) is 7.65. The van der Waals surface area contributed by atoms with Gasteiger partial charge >= 0.3 is 0 Å². The summed E-state index contributed by atoms with van der Waals surface area (Å²) in [5, 5.41) is 5.83. The summed E-state index contributed by atoms with van der Waals surface area (Å²) in [6, 6.07) is 22.5. The van der Waals surface area contributed by atoms with Crippen molar-refractivity contribution in [3.8, 4) is 11.5 Å². The van der Waals surface area contributed by atoms with Crippen LogP contribution in [0.2, 0.25) is 0 Å². The molecule has 23 heavy (non-hydrogen) atoms. The van der Waals surface area contributed by atoms with Crippen molar-refractivity contribution in [3.05, 3.63) is 72.3 Å². The summed E-state index contributed by atoms with van der Waals surface area (Å²) in [6.07, 6.45) is 0. The van der Waals surface area contributed by atoms with Crippen molar-refractivity contribution in [1.82, 2.24) is 5.32 Å². The summed E-state index contributed by atoms with van der Waals surface area (Å²) in [5.41, 5.74) is 1.27. The highest BCUT2D eigenvalue weighted by Crippen LogP contribution is 2.21. The van der Waals surface area contributed by atoms with E-state index in [1.54, 1.807) is 7.11 Å². The zero-order chi connectivity index (χ0) is 15.9. The zero-order valence-electron chi connectivity index (χ0n) is 13.3. The molecule has 3 nitrogen and oxygen atoms in total. The number of hydrogen-bond acceptors (Lipinski definition) is 3. The van der Waals surface area contributed by atoms with Gasteiger partial charge in [-0.3, -0.25) is 0 Å². The molecule has 118 valence electrons. The predicted octanol–water partition coefficient (Wildman–Crippen LogP) is 4.02. The van der Waals surface area contributed by atoms with E-state index in [1.165, 1.54) is 16.3 Å². The van der Waals surface area contributed by atoms with Crippen LogP contribution in [0.15, 0.2) is 66.7 Å². The van der Waals surface area contributed by atoms with Gasteiger partial charge in [0.2, 0.25) is 0 Å². The van der Waals surface area contributed by atoms with Crippen molar-refractivity contribution in [2.45, 2.75) is 6.54 Å². The quantitative estimate of drug-likeness (QED) is 0.669. The van der Waals surface area contributed by atoms with Gasteiger partial charge in [-0.1, -0.05) is 36.4 Å². The fourth-order valence-electron chi connectivity index (χ4n) is 2.50. The average molecular weight is 307 g/mol. The monoisotopic (exact) mass is 307 g/mol. The largest absolute Gasteiger partial charge is 0.497 e. The fraction of sp³-hybridized carbons (Fsp3) is 0.200. The third-order valence-electron chi connectivity index (χ3n) is 3.73. The van der Waals surface area contributed by atoms with Crippen molar-refractivity contribution in [1.29, 1.82) is 0 Å². The van der Waals surface area contributed by atoms with Gasteiger partial charge in [-0.2, -0.15) is 0 Å². The van der Waals surface area contributed by atoms with Crippen molar-refractivity contribution in [2.24, 2.45) is 0 Å². The Bertz CT molecular complexity index is 756. The summed E-state index contributed by atoms with van der Waals surface area (Å²) in [6.45, 7) is 2.31. The van der Waals surface area contributed by atoms with Crippen LogP contribution in [0.3, 0.4) is 0 Å². The van der Waals surface area contributed by atoms with Crippen LogP contribution in [0.4, 0.5) is 0 Å². The number of rotatable bonds is 7. The molecule has 0 atom stereocenters. The minimum absolute atomic E-state index is 0.662. The van der Waals surface area contributed by atoms with E-state index in [1.807, 2.05) is 36.4 Å². The number of fused-ring (bicyclic) bond motifs is 1. The normalized spacial score (nSPS) is 10.7. The first-order valence-corrected chi connectivity index (χ1v) is 7.80. The molecule has 0 unspecified atom stereocenters. The van der Waals surface area contributed by atoms with Gasteiger partial charge in [-0.25, -0.2) is 0 Å². The number of benzene rings is 3. The molecule has 3 rings (SSSR count). The lowest BCUT2D eigenvalue weighted by Crippen LogP contribution is -2.20. The van der Waals surface area contributed by atoms with E-state index in [4.69, 9.17) is 9.47 Å². The molecule has 3 aromatic carbocycles. The van der Waals surface area contributed by atoms with Crippen LogP contribution in [-0.4, -0.2) is 20.3 Å². The molecule has 0 saturated heterocycles. The van der Waals surface area contributed by atoms with Gasteiger partial charge < -0.3 is 14.8 Å². The summed E-state index contributed by atoms with van der Waals surface area (Å²) in [4.78, 5) is 0. The van der Waals surface area contributed by atoms with Gasteiger partial charge in [0.05, 0.1) is 7.11 Å². The maximum Gasteiger partial charge on any atom is 0.119 e. The van der Waals surface area contributed by atoms with Crippen LogP contribution in [0, 0.1) is 0 Å². The summed E-state index contributed by atoms with van der Waals surface area (Å²) in [5.74, 6) is 1.80. The summed E-state index contributed by atoms with van der Waals surface area (Å²) >= 11 is 0. The lowest BCUT2D eigenvalue weighted by molar-refractivity contribution is 0.313. The first-order chi connectivity index (χ1) is 11.3. The van der Waals surface area contributed by atoms with Gasteiger partial charge in [0.1, 0.15) is 18.1 Å². The minimum Gasteiger partial charge on any atom is -0.497 e. The van der Waals surface area contributed by atoms with E-state index in [-0.39, 0.29) is 0 Å². The van der Waals surface area contributed by atoms with Crippen LogP contribution in [0.1, 0.15) is 5.56 Å². The van der Waals surface area contributed by atoms with Gasteiger partial charge in [0.15, 0.2) is 0 Å². The number of nitrogens with one attached hydrogen (secondary N) is 1. The zero-order valence-corrected chi connectivity index (χ0v) is 13.3. The van der Waals surface area contributed by atoms with E-state index in [0.717, 1.165) is 24.6 Å². The molecule has 0 aliphatic carbocycles. The molecular formula is C20H21NO2. The maximum atomic E-state index is 5.66. The Morgan fingerprint density at radius 1 is 0.826 bits per heavy atom. The molecule has 0 radical (unpaired) electrons. The maximum absolute atomic E-state index is 5.66. The van der Waals surface area contributed by atoms with E-state index in [2.05, 4.69) is 35.6 Å². The third kappa shape index (κ3) is 4.24. The lowest BCUT2D eigenvalue weighted by atomic mass is 10.1. The number of para-hydroxylation sites is 1. The smallest absolute Gasteiger partial charge is 0.119 e. The van der Waals surface area contributed by atoms with Gasteiger partial charge in [0.25, 0.3) is 0 Å². The highest BCUT2D eigenvalue weighted by atomic mass is 16.5. The number of methoxy groups -OCH3 is 1. The second-order valence-electron chi connectivity index (χ2n) is 5.39. The molecular weight excluding hydrogens is 286 g/mol. The summed E-state index contributed by atoms with van der Waals surface area (Å²) in [7, 11) is 1.69. The molecule has 0 bridgehead atoms. The third-order valence-corrected chi connectivity index (χ3v) is 3.73. The van der Waals surface area contributed by atoms with E-state index < -0.39 is 0 Å². The van der Waals surface area contributed by atoms with Crippen LogP contribution in [0.25, 0.3) is 10.8 Å². The Morgan fingerprint density at radius 2 is 1.61 bits per heavy atom.